The van der Waals surface area contributed by atoms with Gasteiger partial charge in [0.25, 0.3) is 0 Å². The first kappa shape index (κ1) is 13.3. The lowest BCUT2D eigenvalue weighted by atomic mass is 10.1. The van der Waals surface area contributed by atoms with E-state index in [4.69, 9.17) is 4.74 Å². The van der Waals surface area contributed by atoms with Gasteiger partial charge in [0.05, 0.1) is 23.2 Å². The Balaban J connectivity index is 2.34. The van der Waals surface area contributed by atoms with Crippen LogP contribution in [0.15, 0.2) is 42.5 Å². The zero-order valence-corrected chi connectivity index (χ0v) is 13.0. The van der Waals surface area contributed by atoms with Crippen molar-refractivity contribution in [2.75, 3.05) is 6.61 Å². The van der Waals surface area contributed by atoms with Crippen molar-refractivity contribution in [1.82, 2.24) is 4.98 Å². The highest BCUT2D eigenvalue weighted by Crippen LogP contribution is 2.27. The number of hydrogen-bond donors (Lipinski definition) is 0. The van der Waals surface area contributed by atoms with E-state index in [1.807, 2.05) is 30.3 Å². The third-order valence-corrected chi connectivity index (χ3v) is 4.07. The predicted octanol–water partition coefficient (Wildman–Crippen LogP) is 4.17. The van der Waals surface area contributed by atoms with Crippen LogP contribution in [0.2, 0.25) is 0 Å². The Hall–Kier alpha value is -1.69. The molecule has 0 spiro atoms. The summed E-state index contributed by atoms with van der Waals surface area (Å²) in [5, 5.41) is 2.05. The van der Waals surface area contributed by atoms with Crippen LogP contribution in [-0.4, -0.2) is 17.6 Å². The summed E-state index contributed by atoms with van der Waals surface area (Å²) in [6, 6.07) is 13.7. The van der Waals surface area contributed by atoms with Gasteiger partial charge in [0.15, 0.2) is 0 Å². The van der Waals surface area contributed by atoms with E-state index in [0.717, 1.165) is 19.9 Å². The number of carbonyl (C=O) groups excluding carboxylic acids is 1. The molecule has 0 atom stereocenters. The number of carbonyl (C=O) groups is 1. The minimum Gasteiger partial charge on any atom is -0.462 e. The zero-order chi connectivity index (χ0) is 14.1. The van der Waals surface area contributed by atoms with Crippen molar-refractivity contribution in [3.63, 3.8) is 0 Å². The normalized spacial score (nSPS) is 10.9. The number of aromatic nitrogens is 1. The fourth-order valence-electron chi connectivity index (χ4n) is 2.20. The third kappa shape index (κ3) is 2.24. The second kappa shape index (κ2) is 5.36. The van der Waals surface area contributed by atoms with Gasteiger partial charge in [-0.3, -0.25) is 0 Å². The summed E-state index contributed by atoms with van der Waals surface area (Å²) >= 11 is 2.26. The first-order valence-electron chi connectivity index (χ1n) is 6.36. The van der Waals surface area contributed by atoms with Crippen LogP contribution in [0.3, 0.4) is 0 Å². The van der Waals surface area contributed by atoms with Gasteiger partial charge in [0, 0.05) is 14.3 Å². The third-order valence-electron chi connectivity index (χ3n) is 3.13. The molecule has 3 nitrogen and oxygen atoms in total. The lowest BCUT2D eigenvalue weighted by Crippen LogP contribution is -2.06. The summed E-state index contributed by atoms with van der Waals surface area (Å²) in [4.78, 5) is 16.7. The highest BCUT2D eigenvalue weighted by molar-refractivity contribution is 14.1. The van der Waals surface area contributed by atoms with Gasteiger partial charge in [-0.25, -0.2) is 9.78 Å². The Bertz CT molecular complexity index is 814. The average Bonchev–Trinajstić information content (AvgIpc) is 2.46. The molecule has 0 aliphatic carbocycles. The van der Waals surface area contributed by atoms with Gasteiger partial charge in [-0.2, -0.15) is 0 Å². The van der Waals surface area contributed by atoms with Gasteiger partial charge in [0.1, 0.15) is 0 Å². The van der Waals surface area contributed by atoms with E-state index in [0.29, 0.717) is 17.7 Å². The van der Waals surface area contributed by atoms with Gasteiger partial charge < -0.3 is 4.74 Å². The van der Waals surface area contributed by atoms with Crippen molar-refractivity contribution in [3.8, 4) is 0 Å². The highest BCUT2D eigenvalue weighted by Gasteiger charge is 2.14. The zero-order valence-electron chi connectivity index (χ0n) is 10.9. The van der Waals surface area contributed by atoms with Gasteiger partial charge in [-0.05, 0) is 53.8 Å². The Morgan fingerprint density at radius 3 is 2.85 bits per heavy atom. The molecule has 1 aromatic heterocycles. The molecule has 3 aromatic rings. The summed E-state index contributed by atoms with van der Waals surface area (Å²) in [5.41, 5.74) is 2.11. The molecule has 20 heavy (non-hydrogen) atoms. The van der Waals surface area contributed by atoms with Gasteiger partial charge in [0.2, 0.25) is 0 Å². The molecule has 0 radical (unpaired) electrons. The van der Waals surface area contributed by atoms with Crippen molar-refractivity contribution in [1.29, 1.82) is 0 Å². The summed E-state index contributed by atoms with van der Waals surface area (Å²) in [7, 11) is 0. The van der Waals surface area contributed by atoms with Crippen LogP contribution in [0.1, 0.15) is 17.3 Å². The van der Waals surface area contributed by atoms with E-state index in [9.17, 15) is 4.79 Å². The van der Waals surface area contributed by atoms with E-state index in [-0.39, 0.29) is 5.97 Å². The maximum Gasteiger partial charge on any atom is 0.340 e. The summed E-state index contributed by atoms with van der Waals surface area (Å²) in [6.07, 6.45) is 0. The minimum absolute atomic E-state index is 0.323. The van der Waals surface area contributed by atoms with Crippen molar-refractivity contribution >= 4 is 50.4 Å². The SMILES string of the molecule is CCOC(=O)c1ccc(I)c2cc3ccccc3nc12. The Labute approximate surface area is 130 Å². The molecule has 0 fully saturated rings. The van der Waals surface area contributed by atoms with Crippen molar-refractivity contribution in [2.45, 2.75) is 6.92 Å². The lowest BCUT2D eigenvalue weighted by molar-refractivity contribution is 0.0528. The van der Waals surface area contributed by atoms with Crippen LogP contribution in [0.25, 0.3) is 21.8 Å². The topological polar surface area (TPSA) is 39.2 Å². The Morgan fingerprint density at radius 2 is 2.05 bits per heavy atom. The Morgan fingerprint density at radius 1 is 1.25 bits per heavy atom. The van der Waals surface area contributed by atoms with E-state index in [1.165, 1.54) is 0 Å². The van der Waals surface area contributed by atoms with E-state index in [1.54, 1.807) is 13.0 Å². The van der Waals surface area contributed by atoms with Crippen LogP contribution in [0, 0.1) is 3.57 Å². The monoisotopic (exact) mass is 377 g/mol. The van der Waals surface area contributed by atoms with Crippen LogP contribution in [0.4, 0.5) is 0 Å². The van der Waals surface area contributed by atoms with Crippen LogP contribution in [-0.2, 0) is 4.74 Å². The molecular weight excluding hydrogens is 365 g/mol. The fraction of sp³-hybridized carbons (Fsp3) is 0.125. The molecule has 1 heterocycles. The predicted molar refractivity (Wildman–Crippen MR) is 87.9 cm³/mol. The number of fused-ring (bicyclic) bond motifs is 2. The smallest absolute Gasteiger partial charge is 0.340 e. The van der Waals surface area contributed by atoms with Gasteiger partial charge in [-0.1, -0.05) is 18.2 Å². The number of rotatable bonds is 2. The molecule has 3 rings (SSSR count). The number of esters is 1. The number of ether oxygens (including phenoxy) is 1. The molecular formula is C16H12INO2. The molecule has 2 aromatic carbocycles. The number of halogens is 1. The fourth-order valence-corrected chi connectivity index (χ4v) is 2.79. The van der Waals surface area contributed by atoms with Crippen molar-refractivity contribution in [2.24, 2.45) is 0 Å². The van der Waals surface area contributed by atoms with Crippen LogP contribution >= 0.6 is 22.6 Å². The molecule has 100 valence electrons. The van der Waals surface area contributed by atoms with Crippen LogP contribution in [0.5, 0.6) is 0 Å². The number of nitrogens with zero attached hydrogens (tertiary/aromatic N) is 1. The highest BCUT2D eigenvalue weighted by atomic mass is 127. The molecule has 0 saturated carbocycles. The van der Waals surface area contributed by atoms with Crippen molar-refractivity contribution in [3.05, 3.63) is 51.6 Å². The number of hydrogen-bond acceptors (Lipinski definition) is 3. The standard InChI is InChI=1S/C16H12INO2/c1-2-20-16(19)11-7-8-13(17)12-9-10-5-3-4-6-14(10)18-15(11)12/h3-9H,2H2,1H3. The molecule has 0 aliphatic rings. The Kier molecular flexibility index (Phi) is 3.56. The number of para-hydroxylation sites is 1. The van der Waals surface area contributed by atoms with Gasteiger partial charge in [-0.15, -0.1) is 0 Å². The summed E-state index contributed by atoms with van der Waals surface area (Å²) in [6.45, 7) is 2.16. The second-order valence-electron chi connectivity index (χ2n) is 4.39. The molecule has 0 N–H and O–H groups in total. The van der Waals surface area contributed by atoms with E-state index in [2.05, 4.69) is 33.6 Å². The number of benzene rings is 2. The van der Waals surface area contributed by atoms with E-state index >= 15 is 0 Å². The molecule has 4 heteroatoms. The minimum atomic E-state index is -0.323. The quantitative estimate of drug-likeness (QED) is 0.382. The first-order chi connectivity index (χ1) is 9.70. The maximum atomic E-state index is 12.0. The summed E-state index contributed by atoms with van der Waals surface area (Å²) < 4.78 is 6.18. The molecule has 0 bridgehead atoms. The molecule has 0 saturated heterocycles. The summed E-state index contributed by atoms with van der Waals surface area (Å²) in [5.74, 6) is -0.323. The second-order valence-corrected chi connectivity index (χ2v) is 5.55. The van der Waals surface area contributed by atoms with E-state index < -0.39 is 0 Å². The van der Waals surface area contributed by atoms with Gasteiger partial charge >= 0.3 is 5.97 Å². The molecule has 0 aliphatic heterocycles. The average molecular weight is 377 g/mol. The molecule has 0 amide bonds. The largest absolute Gasteiger partial charge is 0.462 e. The van der Waals surface area contributed by atoms with Crippen molar-refractivity contribution < 1.29 is 9.53 Å². The lowest BCUT2D eigenvalue weighted by Gasteiger charge is -2.08. The molecule has 0 unspecified atom stereocenters. The first-order valence-corrected chi connectivity index (χ1v) is 7.43. The van der Waals surface area contributed by atoms with Crippen LogP contribution < -0.4 is 0 Å². The number of pyridine rings is 1. The maximum absolute atomic E-state index is 12.0.